The summed E-state index contributed by atoms with van der Waals surface area (Å²) in [5.41, 5.74) is 5.47. The van der Waals surface area contributed by atoms with Crippen LogP contribution in [0.25, 0.3) is 0 Å². The van der Waals surface area contributed by atoms with Crippen molar-refractivity contribution in [2.75, 3.05) is 13.2 Å². The fourth-order valence-corrected chi connectivity index (χ4v) is 5.66. The van der Waals surface area contributed by atoms with Crippen LogP contribution in [-0.4, -0.2) is 35.5 Å². The predicted octanol–water partition coefficient (Wildman–Crippen LogP) is 1.72. The number of benzene rings is 1. The van der Waals surface area contributed by atoms with Gasteiger partial charge in [0.1, 0.15) is 11.9 Å². The first kappa shape index (κ1) is 14.2. The van der Waals surface area contributed by atoms with Gasteiger partial charge >= 0.3 is 0 Å². The maximum atomic E-state index is 9.81. The number of rotatable bonds is 2. The summed E-state index contributed by atoms with van der Waals surface area (Å²) in [4.78, 5) is 0. The van der Waals surface area contributed by atoms with Gasteiger partial charge in [-0.2, -0.15) is 0 Å². The smallest absolute Gasteiger partial charge is 0.136 e. The molecule has 3 N–H and O–H groups in total. The van der Waals surface area contributed by atoms with Crippen molar-refractivity contribution in [2.24, 2.45) is 0 Å². The largest absolute Gasteiger partial charge is 0.484 e. The second kappa shape index (κ2) is 4.70. The molecule has 0 saturated carbocycles. The van der Waals surface area contributed by atoms with E-state index in [1.807, 2.05) is 12.1 Å². The van der Waals surface area contributed by atoms with Crippen LogP contribution < -0.4 is 10.1 Å². The molecule has 23 heavy (non-hydrogen) atoms. The Morgan fingerprint density at radius 2 is 2.17 bits per heavy atom. The van der Waals surface area contributed by atoms with Crippen molar-refractivity contribution in [1.29, 1.82) is 0 Å². The van der Waals surface area contributed by atoms with E-state index in [0.717, 1.165) is 40.7 Å². The second-order valence-corrected chi connectivity index (χ2v) is 7.66. The van der Waals surface area contributed by atoms with Crippen LogP contribution in [0.3, 0.4) is 0 Å². The maximum Gasteiger partial charge on any atom is 0.136 e. The predicted molar refractivity (Wildman–Crippen MR) is 89.5 cm³/mol. The number of piperidine rings is 1. The second-order valence-electron chi connectivity index (χ2n) is 6.81. The van der Waals surface area contributed by atoms with Crippen LogP contribution in [0, 0.1) is 0 Å². The van der Waals surface area contributed by atoms with Crippen molar-refractivity contribution < 1.29 is 14.9 Å². The number of nitrogens with one attached hydrogen (secondary N) is 1. The van der Waals surface area contributed by atoms with E-state index in [0.29, 0.717) is 6.04 Å². The first-order valence-electron chi connectivity index (χ1n) is 8.08. The van der Waals surface area contributed by atoms with Gasteiger partial charge in [0.2, 0.25) is 0 Å². The van der Waals surface area contributed by atoms with Crippen molar-refractivity contribution in [3.8, 4) is 5.75 Å². The van der Waals surface area contributed by atoms with Crippen LogP contribution in [0.2, 0.25) is 0 Å². The third kappa shape index (κ3) is 1.56. The highest BCUT2D eigenvalue weighted by atomic mass is 79.9. The number of allylic oxidation sites excluding steroid dienone is 2. The van der Waals surface area contributed by atoms with E-state index >= 15 is 0 Å². The van der Waals surface area contributed by atoms with E-state index < -0.39 is 0 Å². The summed E-state index contributed by atoms with van der Waals surface area (Å²) in [6.07, 6.45) is 5.94. The Hall–Kier alpha value is -1.14. The molecule has 4 aliphatic rings. The first-order chi connectivity index (χ1) is 11.2. The molecular weight excluding hydrogens is 358 g/mol. The topological polar surface area (TPSA) is 61.7 Å². The lowest BCUT2D eigenvalue weighted by molar-refractivity contribution is 0.147. The van der Waals surface area contributed by atoms with Crippen molar-refractivity contribution in [1.82, 2.24) is 5.32 Å². The minimum absolute atomic E-state index is 0.00718. The van der Waals surface area contributed by atoms with Gasteiger partial charge < -0.3 is 20.3 Å². The Balaban J connectivity index is 1.87. The molecule has 2 bridgehead atoms. The van der Waals surface area contributed by atoms with Gasteiger partial charge in [0.05, 0.1) is 18.6 Å². The van der Waals surface area contributed by atoms with E-state index in [1.54, 1.807) is 0 Å². The molecule has 0 radical (unpaired) electrons. The zero-order chi connectivity index (χ0) is 15.8. The summed E-state index contributed by atoms with van der Waals surface area (Å²) in [5, 5.41) is 23.2. The zero-order valence-corrected chi connectivity index (χ0v) is 14.2. The van der Waals surface area contributed by atoms with Gasteiger partial charge in [-0.05, 0) is 42.2 Å². The molecule has 3 atom stereocenters. The Morgan fingerprint density at radius 1 is 1.30 bits per heavy atom. The number of ether oxygens (including phenoxy) is 1. The van der Waals surface area contributed by atoms with E-state index in [4.69, 9.17) is 4.74 Å². The van der Waals surface area contributed by atoms with Gasteiger partial charge in [0.25, 0.3) is 0 Å². The SMILES string of the molecule is OCC1=CC=C2C3Cc4c(Br)cc(CO)c5c4C2(CCN3)C1O5. The zero-order valence-electron chi connectivity index (χ0n) is 12.6. The summed E-state index contributed by atoms with van der Waals surface area (Å²) in [5.74, 6) is 0.836. The highest BCUT2D eigenvalue weighted by Gasteiger charge is 2.60. The quantitative estimate of drug-likeness (QED) is 0.736. The van der Waals surface area contributed by atoms with Gasteiger partial charge in [-0.1, -0.05) is 28.1 Å². The van der Waals surface area contributed by atoms with Crippen molar-refractivity contribution in [3.63, 3.8) is 0 Å². The molecule has 2 aliphatic carbocycles. The lowest BCUT2D eigenvalue weighted by Gasteiger charge is -2.50. The lowest BCUT2D eigenvalue weighted by Crippen LogP contribution is -2.58. The summed E-state index contributed by atoms with van der Waals surface area (Å²) in [6.45, 7) is 0.913. The normalized spacial score (nSPS) is 32.8. The molecule has 4 nitrogen and oxygen atoms in total. The molecular formula is C18H18BrNO3. The van der Waals surface area contributed by atoms with Crippen LogP contribution in [-0.2, 0) is 18.4 Å². The molecule has 1 saturated heterocycles. The summed E-state index contributed by atoms with van der Waals surface area (Å²) in [7, 11) is 0. The summed E-state index contributed by atoms with van der Waals surface area (Å²) >= 11 is 3.70. The fraction of sp³-hybridized carbons (Fsp3) is 0.444. The minimum Gasteiger partial charge on any atom is -0.484 e. The van der Waals surface area contributed by atoms with Gasteiger partial charge in [-0.15, -0.1) is 0 Å². The molecule has 5 heteroatoms. The molecule has 3 unspecified atom stereocenters. The Kier molecular flexibility index (Phi) is 2.90. The van der Waals surface area contributed by atoms with Crippen LogP contribution in [0.5, 0.6) is 5.75 Å². The highest BCUT2D eigenvalue weighted by molar-refractivity contribution is 9.10. The van der Waals surface area contributed by atoms with Crippen molar-refractivity contribution in [3.05, 3.63) is 50.5 Å². The average Bonchev–Trinajstić information content (AvgIpc) is 2.89. The maximum absolute atomic E-state index is 9.81. The molecule has 0 aromatic heterocycles. The fourth-order valence-electron chi connectivity index (χ4n) is 5.02. The van der Waals surface area contributed by atoms with E-state index in [-0.39, 0.29) is 24.7 Å². The molecule has 1 fully saturated rings. The molecule has 120 valence electrons. The standard InChI is InChI=1S/C18H18BrNO3/c19-13-5-10(8-22)16-15-11(13)6-14-12-2-1-9(7-21)17(23-16)18(12,15)3-4-20-14/h1-2,5,14,17,20-22H,3-4,6-8H2. The first-order valence-corrected chi connectivity index (χ1v) is 8.87. The summed E-state index contributed by atoms with van der Waals surface area (Å²) < 4.78 is 7.43. The van der Waals surface area contributed by atoms with Crippen LogP contribution in [0.1, 0.15) is 23.1 Å². The third-order valence-electron chi connectivity index (χ3n) is 5.91. The molecule has 1 aromatic carbocycles. The third-order valence-corrected chi connectivity index (χ3v) is 6.62. The van der Waals surface area contributed by atoms with Gasteiger partial charge in [-0.25, -0.2) is 0 Å². The molecule has 2 aliphatic heterocycles. The van der Waals surface area contributed by atoms with E-state index in [2.05, 4.69) is 27.3 Å². The van der Waals surface area contributed by atoms with Crippen LogP contribution >= 0.6 is 15.9 Å². The van der Waals surface area contributed by atoms with Crippen LogP contribution in [0.15, 0.2) is 33.8 Å². The Bertz CT molecular complexity index is 785. The Morgan fingerprint density at radius 3 is 2.96 bits per heavy atom. The van der Waals surface area contributed by atoms with Crippen LogP contribution in [0.4, 0.5) is 0 Å². The molecule has 2 heterocycles. The van der Waals surface area contributed by atoms with E-state index in [9.17, 15) is 10.2 Å². The number of halogens is 1. The highest BCUT2D eigenvalue weighted by Crippen LogP contribution is 2.61. The van der Waals surface area contributed by atoms with Gasteiger partial charge in [-0.3, -0.25) is 0 Å². The molecule has 0 amide bonds. The number of aliphatic hydroxyl groups is 2. The minimum atomic E-state index is -0.181. The monoisotopic (exact) mass is 375 g/mol. The number of hydrogen-bond donors (Lipinski definition) is 3. The Labute approximate surface area is 143 Å². The number of hydrogen-bond acceptors (Lipinski definition) is 4. The average molecular weight is 376 g/mol. The van der Waals surface area contributed by atoms with Gasteiger partial charge in [0.15, 0.2) is 0 Å². The summed E-state index contributed by atoms with van der Waals surface area (Å²) in [6, 6.07) is 2.30. The van der Waals surface area contributed by atoms with Gasteiger partial charge in [0, 0.05) is 21.6 Å². The van der Waals surface area contributed by atoms with E-state index in [1.165, 1.54) is 16.7 Å². The number of aliphatic hydroxyl groups excluding tert-OH is 2. The molecule has 5 rings (SSSR count). The van der Waals surface area contributed by atoms with Crippen molar-refractivity contribution >= 4 is 15.9 Å². The van der Waals surface area contributed by atoms with Crippen molar-refractivity contribution in [2.45, 2.75) is 37.0 Å². The lowest BCUT2D eigenvalue weighted by atomic mass is 9.57. The molecule has 1 aromatic rings. The molecule has 1 spiro atoms.